The van der Waals surface area contributed by atoms with Gasteiger partial charge in [-0.05, 0) is 31.5 Å². The summed E-state index contributed by atoms with van der Waals surface area (Å²) in [5.41, 5.74) is 2.72. The third kappa shape index (κ3) is 3.41. The Morgan fingerprint density at radius 3 is 2.42 bits per heavy atom. The van der Waals surface area contributed by atoms with Crippen LogP contribution in [0.15, 0.2) is 24.3 Å². The van der Waals surface area contributed by atoms with Crippen molar-refractivity contribution in [1.82, 2.24) is 5.32 Å². The normalized spacial score (nSPS) is 16.7. The Morgan fingerprint density at radius 1 is 1.05 bits per heavy atom. The largest absolute Gasteiger partial charge is 0.371 e. The van der Waals surface area contributed by atoms with Crippen molar-refractivity contribution < 1.29 is 0 Å². The van der Waals surface area contributed by atoms with Crippen molar-refractivity contribution in [3.8, 4) is 0 Å². The van der Waals surface area contributed by atoms with E-state index in [4.69, 9.17) is 0 Å². The Hall–Kier alpha value is -1.22. The number of para-hydroxylation sites is 2. The second-order valence-electron chi connectivity index (χ2n) is 6.00. The lowest BCUT2D eigenvalue weighted by Gasteiger charge is -2.40. The molecule has 3 heteroatoms. The average molecular weight is 261 g/mol. The van der Waals surface area contributed by atoms with Crippen LogP contribution >= 0.6 is 0 Å². The monoisotopic (exact) mass is 261 g/mol. The molecule has 1 aliphatic rings. The third-order valence-electron chi connectivity index (χ3n) is 3.80. The summed E-state index contributed by atoms with van der Waals surface area (Å²) in [7, 11) is 2.18. The molecule has 2 rings (SSSR count). The Labute approximate surface area is 117 Å². The van der Waals surface area contributed by atoms with Crippen LogP contribution in [0.1, 0.15) is 20.8 Å². The summed E-state index contributed by atoms with van der Waals surface area (Å²) in [5, 5.41) is 3.57. The molecule has 106 valence electrons. The van der Waals surface area contributed by atoms with E-state index in [0.717, 1.165) is 26.2 Å². The highest BCUT2D eigenvalue weighted by atomic mass is 15.3. The third-order valence-corrected chi connectivity index (χ3v) is 3.80. The van der Waals surface area contributed by atoms with Gasteiger partial charge in [-0.15, -0.1) is 0 Å². The molecule has 19 heavy (non-hydrogen) atoms. The van der Waals surface area contributed by atoms with Gasteiger partial charge in [0.25, 0.3) is 0 Å². The standard InChI is InChI=1S/C16H27N3/c1-13(2)11-17-12-14(3)19-10-9-18(4)15-7-5-6-8-16(15)19/h5-8,13-14,17H,9-12H2,1-4H3. The summed E-state index contributed by atoms with van der Waals surface area (Å²) in [5.74, 6) is 0.715. The highest BCUT2D eigenvalue weighted by molar-refractivity contribution is 5.73. The quantitative estimate of drug-likeness (QED) is 0.879. The first-order valence-corrected chi connectivity index (χ1v) is 7.37. The van der Waals surface area contributed by atoms with E-state index >= 15 is 0 Å². The molecule has 0 bridgehead atoms. The van der Waals surface area contributed by atoms with Crippen LogP contribution in [0.5, 0.6) is 0 Å². The predicted molar refractivity (Wildman–Crippen MR) is 84.2 cm³/mol. The number of rotatable bonds is 5. The molecule has 0 aromatic heterocycles. The van der Waals surface area contributed by atoms with Crippen LogP contribution in [-0.4, -0.2) is 39.3 Å². The molecule has 0 fully saturated rings. The lowest BCUT2D eigenvalue weighted by molar-refractivity contribution is 0.505. The number of likely N-dealkylation sites (N-methyl/N-ethyl adjacent to an activating group) is 1. The molecule has 1 atom stereocenters. The van der Waals surface area contributed by atoms with E-state index in [1.165, 1.54) is 11.4 Å². The number of nitrogens with one attached hydrogen (secondary N) is 1. The molecule has 1 unspecified atom stereocenters. The Kier molecular flexibility index (Phi) is 4.70. The molecule has 1 N–H and O–H groups in total. The molecule has 1 aromatic rings. The Bertz CT molecular complexity index is 403. The van der Waals surface area contributed by atoms with Crippen LogP contribution in [0.25, 0.3) is 0 Å². The Balaban J connectivity index is 2.03. The van der Waals surface area contributed by atoms with Crippen molar-refractivity contribution in [3.05, 3.63) is 24.3 Å². The molecule has 0 spiro atoms. The van der Waals surface area contributed by atoms with E-state index in [9.17, 15) is 0 Å². The molecule has 0 saturated carbocycles. The van der Waals surface area contributed by atoms with E-state index in [0.29, 0.717) is 12.0 Å². The maximum absolute atomic E-state index is 3.57. The van der Waals surface area contributed by atoms with Crippen molar-refractivity contribution in [1.29, 1.82) is 0 Å². The summed E-state index contributed by atoms with van der Waals surface area (Å²) in [4.78, 5) is 4.88. The van der Waals surface area contributed by atoms with Crippen LogP contribution < -0.4 is 15.1 Å². The van der Waals surface area contributed by atoms with Crippen molar-refractivity contribution in [3.63, 3.8) is 0 Å². The zero-order chi connectivity index (χ0) is 13.8. The summed E-state index contributed by atoms with van der Waals surface area (Å²) in [6.45, 7) is 11.2. The summed E-state index contributed by atoms with van der Waals surface area (Å²) < 4.78 is 0. The van der Waals surface area contributed by atoms with Gasteiger partial charge in [0.15, 0.2) is 0 Å². The number of fused-ring (bicyclic) bond motifs is 1. The van der Waals surface area contributed by atoms with Gasteiger partial charge in [0, 0.05) is 32.7 Å². The highest BCUT2D eigenvalue weighted by Crippen LogP contribution is 2.32. The average Bonchev–Trinajstić information content (AvgIpc) is 2.39. The smallest absolute Gasteiger partial charge is 0.0607 e. The molecule has 1 aliphatic heterocycles. The first-order chi connectivity index (χ1) is 9.09. The lowest BCUT2D eigenvalue weighted by Crippen LogP contribution is -2.47. The summed E-state index contributed by atoms with van der Waals surface area (Å²) in [6.07, 6.45) is 0. The minimum absolute atomic E-state index is 0.536. The maximum Gasteiger partial charge on any atom is 0.0607 e. The van der Waals surface area contributed by atoms with Gasteiger partial charge < -0.3 is 15.1 Å². The topological polar surface area (TPSA) is 18.5 Å². The molecular formula is C16H27N3. The van der Waals surface area contributed by atoms with Crippen LogP contribution in [0.4, 0.5) is 11.4 Å². The van der Waals surface area contributed by atoms with Gasteiger partial charge in [-0.2, -0.15) is 0 Å². The predicted octanol–water partition coefficient (Wildman–Crippen LogP) is 2.58. The number of benzene rings is 1. The summed E-state index contributed by atoms with van der Waals surface area (Å²) in [6, 6.07) is 9.26. The maximum atomic E-state index is 3.57. The van der Waals surface area contributed by atoms with E-state index in [-0.39, 0.29) is 0 Å². The zero-order valence-electron chi connectivity index (χ0n) is 12.7. The van der Waals surface area contributed by atoms with Crippen LogP contribution in [0, 0.1) is 5.92 Å². The molecule has 1 aromatic carbocycles. The molecule has 1 heterocycles. The molecule has 0 aliphatic carbocycles. The van der Waals surface area contributed by atoms with E-state index in [1.54, 1.807) is 0 Å². The minimum atomic E-state index is 0.536. The van der Waals surface area contributed by atoms with E-state index in [1.807, 2.05) is 0 Å². The number of hydrogen-bond acceptors (Lipinski definition) is 3. The van der Waals surface area contributed by atoms with Gasteiger partial charge in [-0.25, -0.2) is 0 Å². The Morgan fingerprint density at radius 2 is 1.74 bits per heavy atom. The number of nitrogens with zero attached hydrogens (tertiary/aromatic N) is 2. The van der Waals surface area contributed by atoms with Gasteiger partial charge >= 0.3 is 0 Å². The molecule has 0 amide bonds. The van der Waals surface area contributed by atoms with Gasteiger partial charge in [-0.3, -0.25) is 0 Å². The second-order valence-corrected chi connectivity index (χ2v) is 6.00. The highest BCUT2D eigenvalue weighted by Gasteiger charge is 2.23. The van der Waals surface area contributed by atoms with Gasteiger partial charge in [0.2, 0.25) is 0 Å². The van der Waals surface area contributed by atoms with Crippen LogP contribution in [0.2, 0.25) is 0 Å². The number of hydrogen-bond donors (Lipinski definition) is 1. The van der Waals surface area contributed by atoms with E-state index < -0.39 is 0 Å². The van der Waals surface area contributed by atoms with Crippen molar-refractivity contribution >= 4 is 11.4 Å². The summed E-state index contributed by atoms with van der Waals surface area (Å²) >= 11 is 0. The second kappa shape index (κ2) is 6.29. The first kappa shape index (κ1) is 14.2. The molecule has 0 radical (unpaired) electrons. The fourth-order valence-electron chi connectivity index (χ4n) is 2.68. The van der Waals surface area contributed by atoms with Gasteiger partial charge in [0.05, 0.1) is 11.4 Å². The molecule has 3 nitrogen and oxygen atoms in total. The fourth-order valence-corrected chi connectivity index (χ4v) is 2.68. The van der Waals surface area contributed by atoms with E-state index in [2.05, 4.69) is 67.2 Å². The van der Waals surface area contributed by atoms with Crippen molar-refractivity contribution in [2.75, 3.05) is 43.0 Å². The van der Waals surface area contributed by atoms with Gasteiger partial charge in [0.1, 0.15) is 0 Å². The SMILES string of the molecule is CC(C)CNCC(C)N1CCN(C)c2ccccc21. The molecule has 0 saturated heterocycles. The van der Waals surface area contributed by atoms with Crippen molar-refractivity contribution in [2.45, 2.75) is 26.8 Å². The molecular weight excluding hydrogens is 234 g/mol. The fraction of sp³-hybridized carbons (Fsp3) is 0.625. The van der Waals surface area contributed by atoms with Crippen LogP contribution in [-0.2, 0) is 0 Å². The van der Waals surface area contributed by atoms with Crippen LogP contribution in [0.3, 0.4) is 0 Å². The van der Waals surface area contributed by atoms with Crippen molar-refractivity contribution in [2.24, 2.45) is 5.92 Å². The van der Waals surface area contributed by atoms with Gasteiger partial charge in [-0.1, -0.05) is 26.0 Å². The zero-order valence-corrected chi connectivity index (χ0v) is 12.7. The first-order valence-electron chi connectivity index (χ1n) is 7.37. The number of anilines is 2. The minimum Gasteiger partial charge on any atom is -0.371 e. The lowest BCUT2D eigenvalue weighted by atomic mass is 10.1.